The van der Waals surface area contributed by atoms with E-state index in [9.17, 15) is 4.79 Å². The Balaban J connectivity index is 1.87. The molecule has 1 N–H and O–H groups in total. The first-order valence-corrected chi connectivity index (χ1v) is 6.66. The van der Waals surface area contributed by atoms with Crippen LogP contribution in [0, 0.1) is 11.3 Å². The lowest BCUT2D eigenvalue weighted by atomic mass is 10.2. The van der Waals surface area contributed by atoms with Crippen molar-refractivity contribution < 1.29 is 4.79 Å². The third kappa shape index (κ3) is 2.67. The molecule has 0 spiro atoms. The van der Waals surface area contributed by atoms with Gasteiger partial charge >= 0.3 is 0 Å². The Hall–Kier alpha value is -2.94. The molecule has 1 amide bonds. The van der Waals surface area contributed by atoms with Gasteiger partial charge in [-0.1, -0.05) is 6.07 Å². The van der Waals surface area contributed by atoms with Crippen molar-refractivity contribution in [3.63, 3.8) is 0 Å². The van der Waals surface area contributed by atoms with Gasteiger partial charge in [0.1, 0.15) is 6.07 Å². The van der Waals surface area contributed by atoms with Gasteiger partial charge in [0, 0.05) is 36.7 Å². The topological polar surface area (TPSA) is 81.9 Å². The Labute approximate surface area is 122 Å². The summed E-state index contributed by atoms with van der Waals surface area (Å²) in [5, 5.41) is 12.1. The fourth-order valence-electron chi connectivity index (χ4n) is 2.32. The molecular weight excluding hydrogens is 266 g/mol. The number of nitrogens with zero attached hydrogens (tertiary/aromatic N) is 4. The highest BCUT2D eigenvalue weighted by Crippen LogP contribution is 2.25. The standard InChI is InChI=1S/C15H13N5O/c16-10-13-15(18-7-6-17-13)19-11-3-1-4-12(9-11)20-8-2-5-14(20)21/h1,3-4,6-7,9H,2,5,8H2,(H,18,19). The average Bonchev–Trinajstić information content (AvgIpc) is 2.94. The molecule has 6 nitrogen and oxygen atoms in total. The predicted octanol–water partition coefficient (Wildman–Crippen LogP) is 2.22. The van der Waals surface area contributed by atoms with Crippen LogP contribution in [0.4, 0.5) is 17.2 Å². The highest BCUT2D eigenvalue weighted by atomic mass is 16.2. The van der Waals surface area contributed by atoms with Crippen molar-refractivity contribution >= 4 is 23.1 Å². The quantitative estimate of drug-likeness (QED) is 0.931. The Kier molecular flexibility index (Phi) is 3.48. The number of rotatable bonds is 3. The van der Waals surface area contributed by atoms with Gasteiger partial charge in [-0.15, -0.1) is 0 Å². The second kappa shape index (κ2) is 5.59. The zero-order valence-electron chi connectivity index (χ0n) is 11.3. The summed E-state index contributed by atoms with van der Waals surface area (Å²) in [6.45, 7) is 0.747. The molecule has 1 aromatic heterocycles. The normalized spacial score (nSPS) is 14.0. The zero-order valence-corrected chi connectivity index (χ0v) is 11.3. The van der Waals surface area contributed by atoms with Crippen LogP contribution in [0.15, 0.2) is 36.7 Å². The maximum absolute atomic E-state index is 11.8. The molecule has 0 aliphatic carbocycles. The number of hydrogen-bond donors (Lipinski definition) is 1. The molecule has 104 valence electrons. The lowest BCUT2D eigenvalue weighted by Gasteiger charge is -2.17. The van der Waals surface area contributed by atoms with E-state index in [1.54, 1.807) is 4.90 Å². The van der Waals surface area contributed by atoms with E-state index in [1.807, 2.05) is 30.3 Å². The molecule has 0 unspecified atom stereocenters. The van der Waals surface area contributed by atoms with Crippen LogP contribution >= 0.6 is 0 Å². The predicted molar refractivity (Wildman–Crippen MR) is 78.1 cm³/mol. The van der Waals surface area contributed by atoms with E-state index < -0.39 is 0 Å². The van der Waals surface area contributed by atoms with Crippen molar-refractivity contribution in [1.29, 1.82) is 5.26 Å². The number of nitriles is 1. The minimum absolute atomic E-state index is 0.143. The molecule has 3 rings (SSSR count). The molecule has 2 aromatic rings. The molecule has 1 aromatic carbocycles. The van der Waals surface area contributed by atoms with E-state index in [1.165, 1.54) is 12.4 Å². The molecule has 0 bridgehead atoms. The molecule has 0 atom stereocenters. The van der Waals surface area contributed by atoms with E-state index in [2.05, 4.69) is 15.3 Å². The van der Waals surface area contributed by atoms with Crippen LogP contribution in [0.5, 0.6) is 0 Å². The van der Waals surface area contributed by atoms with Gasteiger partial charge in [0.2, 0.25) is 5.91 Å². The maximum atomic E-state index is 11.8. The lowest BCUT2D eigenvalue weighted by molar-refractivity contribution is -0.117. The van der Waals surface area contributed by atoms with Gasteiger partial charge in [0.15, 0.2) is 11.5 Å². The third-order valence-corrected chi connectivity index (χ3v) is 3.30. The Bertz CT molecular complexity index is 722. The smallest absolute Gasteiger partial charge is 0.227 e. The first-order valence-electron chi connectivity index (χ1n) is 6.66. The highest BCUT2D eigenvalue weighted by molar-refractivity contribution is 5.95. The Morgan fingerprint density at radius 3 is 2.90 bits per heavy atom. The number of anilines is 3. The molecule has 1 aliphatic heterocycles. The van der Waals surface area contributed by atoms with Gasteiger partial charge in [-0.3, -0.25) is 4.79 Å². The van der Waals surface area contributed by atoms with Crippen LogP contribution in [0.3, 0.4) is 0 Å². The van der Waals surface area contributed by atoms with Crippen molar-refractivity contribution in [3.05, 3.63) is 42.4 Å². The first-order chi connectivity index (χ1) is 10.3. The van der Waals surface area contributed by atoms with Crippen molar-refractivity contribution in [2.24, 2.45) is 0 Å². The summed E-state index contributed by atoms with van der Waals surface area (Å²) in [6.07, 6.45) is 4.49. The monoisotopic (exact) mass is 279 g/mol. The summed E-state index contributed by atoms with van der Waals surface area (Å²) in [4.78, 5) is 21.6. The molecule has 1 fully saturated rings. The van der Waals surface area contributed by atoms with E-state index in [0.717, 1.165) is 24.3 Å². The number of benzene rings is 1. The van der Waals surface area contributed by atoms with E-state index in [0.29, 0.717) is 12.2 Å². The number of amides is 1. The number of aromatic nitrogens is 2. The van der Waals surface area contributed by atoms with Gasteiger partial charge < -0.3 is 10.2 Å². The molecular formula is C15H13N5O. The van der Waals surface area contributed by atoms with Crippen LogP contribution < -0.4 is 10.2 Å². The maximum Gasteiger partial charge on any atom is 0.227 e. The van der Waals surface area contributed by atoms with Gasteiger partial charge in [-0.25, -0.2) is 9.97 Å². The van der Waals surface area contributed by atoms with Crippen molar-refractivity contribution in [3.8, 4) is 6.07 Å². The molecule has 2 heterocycles. The van der Waals surface area contributed by atoms with Crippen molar-refractivity contribution in [2.75, 3.05) is 16.8 Å². The van der Waals surface area contributed by atoms with Crippen LogP contribution in [-0.2, 0) is 4.79 Å². The highest BCUT2D eigenvalue weighted by Gasteiger charge is 2.21. The van der Waals surface area contributed by atoms with Crippen LogP contribution in [0.2, 0.25) is 0 Å². The Morgan fingerprint density at radius 2 is 2.14 bits per heavy atom. The van der Waals surface area contributed by atoms with Gasteiger partial charge in [0.05, 0.1) is 0 Å². The van der Waals surface area contributed by atoms with Gasteiger partial charge in [0.25, 0.3) is 0 Å². The summed E-state index contributed by atoms with van der Waals surface area (Å²) in [6, 6.07) is 9.49. The summed E-state index contributed by atoms with van der Waals surface area (Å²) >= 11 is 0. The summed E-state index contributed by atoms with van der Waals surface area (Å²) in [5.41, 5.74) is 1.86. The van der Waals surface area contributed by atoms with Gasteiger partial charge in [-0.05, 0) is 24.6 Å². The Morgan fingerprint density at radius 1 is 1.29 bits per heavy atom. The van der Waals surface area contributed by atoms with Gasteiger partial charge in [-0.2, -0.15) is 5.26 Å². The molecule has 0 radical (unpaired) electrons. The SMILES string of the molecule is N#Cc1nccnc1Nc1cccc(N2CCCC2=O)c1. The van der Waals surface area contributed by atoms with E-state index in [4.69, 9.17) is 5.26 Å². The second-order valence-corrected chi connectivity index (χ2v) is 4.69. The molecule has 6 heteroatoms. The summed E-state index contributed by atoms with van der Waals surface area (Å²) < 4.78 is 0. The second-order valence-electron chi connectivity index (χ2n) is 4.69. The van der Waals surface area contributed by atoms with Crippen molar-refractivity contribution in [2.45, 2.75) is 12.8 Å². The summed E-state index contributed by atoms with van der Waals surface area (Å²) in [5.74, 6) is 0.550. The number of carbonyl (C=O) groups excluding carboxylic acids is 1. The zero-order chi connectivity index (χ0) is 14.7. The molecule has 1 aliphatic rings. The number of nitrogens with one attached hydrogen (secondary N) is 1. The van der Waals surface area contributed by atoms with Crippen molar-refractivity contribution in [1.82, 2.24) is 9.97 Å². The fraction of sp³-hybridized carbons (Fsp3) is 0.200. The van der Waals surface area contributed by atoms with Crippen LogP contribution in [0.1, 0.15) is 18.5 Å². The fourth-order valence-corrected chi connectivity index (χ4v) is 2.32. The molecule has 0 saturated carbocycles. The summed E-state index contributed by atoms with van der Waals surface area (Å²) in [7, 11) is 0. The minimum atomic E-state index is 0.143. The van der Waals surface area contributed by atoms with Crippen LogP contribution in [0.25, 0.3) is 0 Å². The van der Waals surface area contributed by atoms with E-state index in [-0.39, 0.29) is 11.6 Å². The molecule has 1 saturated heterocycles. The average molecular weight is 279 g/mol. The largest absolute Gasteiger partial charge is 0.338 e. The van der Waals surface area contributed by atoms with E-state index >= 15 is 0 Å². The number of carbonyl (C=O) groups is 1. The minimum Gasteiger partial charge on any atom is -0.338 e. The van der Waals surface area contributed by atoms with Crippen LogP contribution in [-0.4, -0.2) is 22.4 Å². The number of hydrogen-bond acceptors (Lipinski definition) is 5. The third-order valence-electron chi connectivity index (χ3n) is 3.30. The first kappa shape index (κ1) is 13.1. The molecule has 21 heavy (non-hydrogen) atoms. The lowest BCUT2D eigenvalue weighted by Crippen LogP contribution is -2.23.